The van der Waals surface area contributed by atoms with Crippen LogP contribution in [0.25, 0.3) is 5.65 Å². The summed E-state index contributed by atoms with van der Waals surface area (Å²) in [4.78, 5) is 4.56. The van der Waals surface area contributed by atoms with Crippen molar-refractivity contribution in [3.8, 4) is 0 Å². The molecule has 2 aromatic rings. The topological polar surface area (TPSA) is 30.2 Å². The average molecular weight is 360 g/mol. The van der Waals surface area contributed by atoms with Crippen molar-refractivity contribution in [1.82, 2.24) is 14.6 Å². The van der Waals surface area contributed by atoms with Crippen molar-refractivity contribution in [2.75, 3.05) is 0 Å². The van der Waals surface area contributed by atoms with Crippen LogP contribution in [0.1, 0.15) is 68.3 Å². The summed E-state index contributed by atoms with van der Waals surface area (Å²) >= 11 is 6.49. The van der Waals surface area contributed by atoms with E-state index in [9.17, 15) is 13.2 Å². The molecule has 1 fully saturated rings. The van der Waals surface area contributed by atoms with Gasteiger partial charge in [0.05, 0.1) is 11.6 Å². The third kappa shape index (κ3) is 3.13. The van der Waals surface area contributed by atoms with Crippen LogP contribution in [0.15, 0.2) is 6.07 Å². The monoisotopic (exact) mass is 359 g/mol. The Labute approximate surface area is 144 Å². The van der Waals surface area contributed by atoms with E-state index in [1.165, 1.54) is 0 Å². The van der Waals surface area contributed by atoms with Crippen molar-refractivity contribution in [3.05, 3.63) is 28.2 Å². The summed E-state index contributed by atoms with van der Waals surface area (Å²) in [6, 6.07) is 1.86. The normalized spacial score (nSPS) is 22.5. The van der Waals surface area contributed by atoms with Crippen molar-refractivity contribution in [3.63, 3.8) is 0 Å². The zero-order valence-electron chi connectivity index (χ0n) is 14.0. The van der Waals surface area contributed by atoms with Gasteiger partial charge in [0.15, 0.2) is 5.65 Å². The Morgan fingerprint density at radius 2 is 1.83 bits per heavy atom. The molecular weight excluding hydrogens is 339 g/mol. The number of nitrogens with zero attached hydrogens (tertiary/aromatic N) is 3. The fourth-order valence-electron chi connectivity index (χ4n) is 3.68. The fraction of sp³-hybridized carbons (Fsp3) is 0.647. The minimum atomic E-state index is -4.09. The smallest absolute Gasteiger partial charge is 0.233 e. The number of alkyl halides is 3. The quantitative estimate of drug-likeness (QED) is 0.648. The Kier molecular flexibility index (Phi) is 4.53. The van der Waals surface area contributed by atoms with E-state index in [-0.39, 0.29) is 24.7 Å². The Morgan fingerprint density at radius 3 is 2.38 bits per heavy atom. The number of rotatable bonds is 2. The van der Waals surface area contributed by atoms with Crippen molar-refractivity contribution in [2.24, 2.45) is 5.92 Å². The van der Waals surface area contributed by atoms with Gasteiger partial charge in [0.1, 0.15) is 5.15 Å². The predicted octanol–water partition coefficient (Wildman–Crippen LogP) is 5.65. The van der Waals surface area contributed by atoms with Gasteiger partial charge in [-0.05, 0) is 38.5 Å². The van der Waals surface area contributed by atoms with E-state index in [2.05, 4.69) is 10.1 Å². The fourth-order valence-corrected chi connectivity index (χ4v) is 4.16. The van der Waals surface area contributed by atoms with Gasteiger partial charge in [-0.3, -0.25) is 0 Å². The lowest BCUT2D eigenvalue weighted by Crippen LogP contribution is -2.27. The molecule has 0 unspecified atom stereocenters. The molecule has 0 atom stereocenters. The molecule has 132 valence electrons. The van der Waals surface area contributed by atoms with Gasteiger partial charge in [-0.1, -0.05) is 25.4 Å². The average Bonchev–Trinajstić information content (AvgIpc) is 2.90. The first-order chi connectivity index (χ1) is 11.2. The van der Waals surface area contributed by atoms with Gasteiger partial charge in [0.2, 0.25) is 0 Å². The van der Waals surface area contributed by atoms with Crippen LogP contribution in [0.3, 0.4) is 0 Å². The van der Waals surface area contributed by atoms with Crippen molar-refractivity contribution < 1.29 is 13.2 Å². The third-order valence-corrected chi connectivity index (χ3v) is 5.34. The first kappa shape index (κ1) is 17.5. The maximum absolute atomic E-state index is 12.8. The summed E-state index contributed by atoms with van der Waals surface area (Å²) in [5, 5.41) is 5.09. The first-order valence-corrected chi connectivity index (χ1v) is 8.68. The molecule has 3 nitrogen and oxygen atoms in total. The molecule has 24 heavy (non-hydrogen) atoms. The van der Waals surface area contributed by atoms with Crippen LogP contribution < -0.4 is 0 Å². The molecule has 0 aliphatic heterocycles. The van der Waals surface area contributed by atoms with E-state index in [0.29, 0.717) is 23.6 Å². The Hall–Kier alpha value is -1.30. The van der Waals surface area contributed by atoms with Crippen LogP contribution in [-0.2, 0) is 0 Å². The molecule has 2 heterocycles. The third-order valence-electron chi connectivity index (χ3n) is 4.98. The molecule has 1 aliphatic rings. The highest BCUT2D eigenvalue weighted by atomic mass is 35.5. The molecule has 0 N–H and O–H groups in total. The van der Waals surface area contributed by atoms with E-state index in [1.54, 1.807) is 4.52 Å². The number of hydrogen-bond acceptors (Lipinski definition) is 2. The number of fused-ring (bicyclic) bond motifs is 1. The number of halogens is 4. The van der Waals surface area contributed by atoms with Crippen LogP contribution in [0.4, 0.5) is 13.2 Å². The molecule has 3 rings (SSSR count). The predicted molar refractivity (Wildman–Crippen MR) is 87.6 cm³/mol. The second-order valence-corrected chi connectivity index (χ2v) is 7.34. The zero-order valence-corrected chi connectivity index (χ0v) is 14.7. The maximum Gasteiger partial charge on any atom is 0.391 e. The largest absolute Gasteiger partial charge is 0.391 e. The molecule has 0 amide bonds. The lowest BCUT2D eigenvalue weighted by molar-refractivity contribution is -0.182. The Balaban J connectivity index is 1.89. The van der Waals surface area contributed by atoms with Crippen LogP contribution in [0.2, 0.25) is 5.15 Å². The van der Waals surface area contributed by atoms with E-state index in [1.807, 2.05) is 26.8 Å². The number of hydrogen-bond donors (Lipinski definition) is 0. The van der Waals surface area contributed by atoms with E-state index in [4.69, 9.17) is 11.6 Å². The van der Waals surface area contributed by atoms with Gasteiger partial charge in [-0.15, -0.1) is 0 Å². The van der Waals surface area contributed by atoms with Crippen molar-refractivity contribution in [1.29, 1.82) is 0 Å². The number of aromatic nitrogens is 3. The molecule has 0 spiro atoms. The van der Waals surface area contributed by atoms with Crippen molar-refractivity contribution in [2.45, 2.75) is 64.5 Å². The summed E-state index contributed by atoms with van der Waals surface area (Å²) < 4.78 is 40.0. The highest BCUT2D eigenvalue weighted by molar-refractivity contribution is 6.30. The Morgan fingerprint density at radius 1 is 1.21 bits per heavy atom. The van der Waals surface area contributed by atoms with Gasteiger partial charge < -0.3 is 0 Å². The van der Waals surface area contributed by atoms with E-state index in [0.717, 1.165) is 17.0 Å². The highest BCUT2D eigenvalue weighted by Gasteiger charge is 2.41. The summed E-state index contributed by atoms with van der Waals surface area (Å²) in [5.41, 5.74) is 3.29. The lowest BCUT2D eigenvalue weighted by Gasteiger charge is -2.28. The van der Waals surface area contributed by atoms with Gasteiger partial charge >= 0.3 is 6.18 Å². The molecular formula is C17H21ClF3N3. The zero-order chi connectivity index (χ0) is 17.6. The SMILES string of the molecule is Cc1nc2cc(C3CCC(C(F)(F)F)CC3)nn2c(Cl)c1C(C)C. The summed E-state index contributed by atoms with van der Waals surface area (Å²) in [7, 11) is 0. The van der Waals surface area contributed by atoms with Crippen LogP contribution >= 0.6 is 11.6 Å². The van der Waals surface area contributed by atoms with Gasteiger partial charge in [-0.2, -0.15) is 18.3 Å². The first-order valence-electron chi connectivity index (χ1n) is 8.31. The summed E-state index contributed by atoms with van der Waals surface area (Å²) in [5.74, 6) is -0.907. The van der Waals surface area contributed by atoms with Crippen LogP contribution in [-0.4, -0.2) is 20.8 Å². The van der Waals surface area contributed by atoms with Gasteiger partial charge in [-0.25, -0.2) is 9.50 Å². The molecule has 2 aromatic heterocycles. The summed E-state index contributed by atoms with van der Waals surface area (Å²) in [6.07, 6.45) is -2.75. The standard InChI is InChI=1S/C17H21ClF3N3/c1-9(2)15-10(3)22-14-8-13(23-24(14)16(15)18)11-4-6-12(7-5-11)17(19,20)21/h8-9,11-12H,4-7H2,1-3H3. The minimum absolute atomic E-state index is 0.0455. The Bertz CT molecular complexity index is 744. The van der Waals surface area contributed by atoms with E-state index >= 15 is 0 Å². The van der Waals surface area contributed by atoms with Crippen LogP contribution in [0.5, 0.6) is 0 Å². The van der Waals surface area contributed by atoms with Crippen molar-refractivity contribution >= 4 is 17.2 Å². The highest BCUT2D eigenvalue weighted by Crippen LogP contribution is 2.42. The van der Waals surface area contributed by atoms with Gasteiger partial charge in [0.25, 0.3) is 0 Å². The molecule has 1 saturated carbocycles. The molecule has 0 aromatic carbocycles. The van der Waals surface area contributed by atoms with Gasteiger partial charge in [0, 0.05) is 23.2 Å². The van der Waals surface area contributed by atoms with E-state index < -0.39 is 12.1 Å². The molecule has 7 heteroatoms. The van der Waals surface area contributed by atoms with Crippen LogP contribution in [0, 0.1) is 12.8 Å². The molecule has 0 radical (unpaired) electrons. The molecule has 0 saturated heterocycles. The summed E-state index contributed by atoms with van der Waals surface area (Å²) in [6.45, 7) is 6.01. The molecule has 0 bridgehead atoms. The molecule has 1 aliphatic carbocycles. The lowest BCUT2D eigenvalue weighted by atomic mass is 9.80. The number of aryl methyl sites for hydroxylation is 1. The second kappa shape index (κ2) is 6.21. The minimum Gasteiger partial charge on any atom is -0.233 e. The second-order valence-electron chi connectivity index (χ2n) is 6.99. The maximum atomic E-state index is 12.8.